The lowest BCUT2D eigenvalue weighted by atomic mass is 9.99. The van der Waals surface area contributed by atoms with Crippen molar-refractivity contribution in [3.05, 3.63) is 70.1 Å². The molecule has 0 aliphatic heterocycles. The summed E-state index contributed by atoms with van der Waals surface area (Å²) in [5.41, 5.74) is 2.98. The largest absolute Gasteiger partial charge is 0.495 e. The number of likely N-dealkylation sites (N-methyl/N-ethyl adjacent to an activating group) is 2. The van der Waals surface area contributed by atoms with Crippen LogP contribution in [0.2, 0.25) is 10.0 Å². The van der Waals surface area contributed by atoms with Crippen molar-refractivity contribution in [3.8, 4) is 22.6 Å². The lowest BCUT2D eigenvalue weighted by molar-refractivity contribution is -0.129. The minimum Gasteiger partial charge on any atom is -0.495 e. The molecule has 2 aromatic carbocycles. The van der Waals surface area contributed by atoms with Gasteiger partial charge < -0.3 is 19.7 Å². The molecule has 1 N–H and O–H groups in total. The Morgan fingerprint density at radius 2 is 1.55 bits per heavy atom. The molecule has 2 amide bonds. The predicted molar refractivity (Wildman–Crippen MR) is 155 cm³/mol. The van der Waals surface area contributed by atoms with Crippen molar-refractivity contribution in [2.45, 2.75) is 6.54 Å². The van der Waals surface area contributed by atoms with Gasteiger partial charge in [-0.15, -0.1) is 0 Å². The second-order valence-electron chi connectivity index (χ2n) is 9.16. The fraction of sp³-hybridized carbons (Fsp3) is 0.250. The topological polar surface area (TPSA) is 110 Å². The van der Waals surface area contributed by atoms with Crippen molar-refractivity contribution in [2.24, 2.45) is 0 Å². The Hall–Kier alpha value is -3.99. The third-order valence-electron chi connectivity index (χ3n) is 6.14. The third-order valence-corrected chi connectivity index (χ3v) is 6.89. The fourth-order valence-electron chi connectivity index (χ4n) is 4.08. The van der Waals surface area contributed by atoms with Crippen LogP contribution < -0.4 is 14.8 Å². The zero-order valence-corrected chi connectivity index (χ0v) is 24.2. The minimum absolute atomic E-state index is 0.00997. The average Bonchev–Trinajstić information content (AvgIpc) is 2.94. The number of ether oxygens (including phenoxy) is 2. The van der Waals surface area contributed by atoms with Gasteiger partial charge in [0, 0.05) is 56.4 Å². The van der Waals surface area contributed by atoms with E-state index in [2.05, 4.69) is 20.3 Å². The van der Waals surface area contributed by atoms with Crippen LogP contribution in [0.15, 0.2) is 48.9 Å². The Kier molecular flexibility index (Phi) is 9.03. The van der Waals surface area contributed by atoms with Gasteiger partial charge in [0.1, 0.15) is 22.8 Å². The van der Waals surface area contributed by atoms with Crippen LogP contribution in [0.5, 0.6) is 11.5 Å². The molecule has 2 aromatic heterocycles. The van der Waals surface area contributed by atoms with Crippen molar-refractivity contribution in [1.82, 2.24) is 24.8 Å². The molecule has 208 valence electrons. The number of fused-ring (bicyclic) bond motifs is 1. The van der Waals surface area contributed by atoms with Crippen molar-refractivity contribution in [2.75, 3.05) is 47.2 Å². The number of amides is 2. The lowest BCUT2D eigenvalue weighted by Gasteiger charge is -2.19. The van der Waals surface area contributed by atoms with Crippen LogP contribution in [0.25, 0.3) is 22.2 Å². The van der Waals surface area contributed by atoms with Gasteiger partial charge in [-0.1, -0.05) is 35.3 Å². The molecule has 0 bridgehead atoms. The molecule has 0 aliphatic carbocycles. The van der Waals surface area contributed by atoms with E-state index >= 15 is 0 Å². The summed E-state index contributed by atoms with van der Waals surface area (Å²) in [5.74, 6) is 0.719. The summed E-state index contributed by atoms with van der Waals surface area (Å²) in [4.78, 5) is 41.9. The first-order valence-electron chi connectivity index (χ1n) is 12.1. The molecule has 12 heteroatoms. The number of hydrogen-bond acceptors (Lipinski definition) is 8. The number of benzene rings is 2. The molecule has 4 aromatic rings. The monoisotopic (exact) mass is 582 g/mol. The number of methoxy groups -OCH3 is 2. The molecule has 40 heavy (non-hydrogen) atoms. The number of carbonyl (C=O) groups excluding carboxylic acids is 2. The zero-order valence-electron chi connectivity index (χ0n) is 22.7. The molecule has 0 radical (unpaired) electrons. The fourth-order valence-corrected chi connectivity index (χ4v) is 4.78. The summed E-state index contributed by atoms with van der Waals surface area (Å²) in [6.07, 6.45) is 4.69. The molecule has 0 spiro atoms. The van der Waals surface area contributed by atoms with Gasteiger partial charge in [0.25, 0.3) is 5.91 Å². The normalized spacial score (nSPS) is 11.0. The summed E-state index contributed by atoms with van der Waals surface area (Å²) in [6.45, 7) is 0.817. The molecule has 10 nitrogen and oxygen atoms in total. The maximum Gasteiger partial charge on any atom is 0.259 e. The number of hydrogen-bond donors (Lipinski definition) is 1. The third kappa shape index (κ3) is 6.09. The van der Waals surface area contributed by atoms with Crippen LogP contribution in [0.1, 0.15) is 15.9 Å². The number of carbonyl (C=O) groups is 2. The van der Waals surface area contributed by atoms with Crippen molar-refractivity contribution < 1.29 is 19.1 Å². The number of rotatable bonds is 9. The zero-order chi connectivity index (χ0) is 29.0. The van der Waals surface area contributed by atoms with Gasteiger partial charge in [-0.3, -0.25) is 24.5 Å². The number of pyridine rings is 1. The van der Waals surface area contributed by atoms with E-state index in [1.165, 1.54) is 26.6 Å². The second-order valence-corrected chi connectivity index (χ2v) is 9.92. The first-order chi connectivity index (χ1) is 19.1. The van der Waals surface area contributed by atoms with Crippen LogP contribution in [0, 0.1) is 0 Å². The van der Waals surface area contributed by atoms with Gasteiger partial charge in [-0.25, -0.2) is 4.98 Å². The number of halogens is 2. The van der Waals surface area contributed by atoms with E-state index in [4.69, 9.17) is 32.7 Å². The molecule has 0 saturated carbocycles. The number of nitrogens with one attached hydrogen (secondary N) is 1. The van der Waals surface area contributed by atoms with Crippen LogP contribution in [0.3, 0.4) is 0 Å². The first kappa shape index (κ1) is 29.0. The Bertz CT molecular complexity index is 1530. The Labute approximate surface area is 241 Å². The SMILES string of the molecule is COc1cc(OC)c(Cl)c(-c2ccc(C(=O)Nc3ccc(CN(C)CC(=O)N(C)C)cn3)c3nccnc23)c1Cl. The quantitative estimate of drug-likeness (QED) is 0.300. The van der Waals surface area contributed by atoms with Crippen LogP contribution in [-0.2, 0) is 11.3 Å². The van der Waals surface area contributed by atoms with Gasteiger partial charge in [-0.05, 0) is 24.7 Å². The Balaban J connectivity index is 1.61. The summed E-state index contributed by atoms with van der Waals surface area (Å²) in [7, 11) is 8.29. The molecule has 0 atom stereocenters. The first-order valence-corrected chi connectivity index (χ1v) is 12.9. The van der Waals surface area contributed by atoms with Gasteiger partial charge in [0.2, 0.25) is 5.91 Å². The van der Waals surface area contributed by atoms with Crippen LogP contribution in [0.4, 0.5) is 5.82 Å². The standard InChI is InChI=1S/C28H28Cl2N6O4/c1-35(2)22(37)15-36(3)14-16-6-9-21(33-13-16)34-28(38)18-8-7-17(26-27(18)32-11-10-31-26)23-24(29)19(39-4)12-20(40-5)25(23)30/h6-13H,14-15H2,1-5H3,(H,33,34,38). The maximum absolute atomic E-state index is 13.3. The number of aromatic nitrogens is 3. The average molecular weight is 583 g/mol. The van der Waals surface area contributed by atoms with E-state index in [1.54, 1.807) is 49.5 Å². The van der Waals surface area contributed by atoms with E-state index in [1.807, 2.05) is 18.0 Å². The highest BCUT2D eigenvalue weighted by Crippen LogP contribution is 2.47. The number of anilines is 1. The molecule has 2 heterocycles. The summed E-state index contributed by atoms with van der Waals surface area (Å²) in [5, 5.41) is 3.36. The molecule has 4 rings (SSSR count). The van der Waals surface area contributed by atoms with E-state index in [9.17, 15) is 9.59 Å². The van der Waals surface area contributed by atoms with Gasteiger partial charge in [0.05, 0.1) is 41.9 Å². The van der Waals surface area contributed by atoms with Crippen LogP contribution >= 0.6 is 23.2 Å². The summed E-state index contributed by atoms with van der Waals surface area (Å²) in [6, 6.07) is 8.49. The molecule has 0 fully saturated rings. The predicted octanol–water partition coefficient (Wildman–Crippen LogP) is 4.79. The Morgan fingerprint density at radius 3 is 2.12 bits per heavy atom. The highest BCUT2D eigenvalue weighted by molar-refractivity contribution is 6.41. The van der Waals surface area contributed by atoms with Crippen molar-refractivity contribution >= 4 is 51.9 Å². The van der Waals surface area contributed by atoms with E-state index in [-0.39, 0.29) is 22.5 Å². The van der Waals surface area contributed by atoms with Crippen LogP contribution in [-0.4, -0.2) is 78.5 Å². The summed E-state index contributed by atoms with van der Waals surface area (Å²) < 4.78 is 10.8. The van der Waals surface area contributed by atoms with Crippen molar-refractivity contribution in [3.63, 3.8) is 0 Å². The van der Waals surface area contributed by atoms with E-state index < -0.39 is 5.91 Å². The highest BCUT2D eigenvalue weighted by atomic mass is 35.5. The molecule has 0 aliphatic rings. The second kappa shape index (κ2) is 12.5. The smallest absolute Gasteiger partial charge is 0.259 e. The molecule has 0 saturated heterocycles. The van der Waals surface area contributed by atoms with E-state index in [0.717, 1.165) is 5.56 Å². The summed E-state index contributed by atoms with van der Waals surface area (Å²) >= 11 is 13.3. The molecular weight excluding hydrogens is 555 g/mol. The lowest BCUT2D eigenvalue weighted by Crippen LogP contribution is -2.34. The van der Waals surface area contributed by atoms with Gasteiger partial charge in [-0.2, -0.15) is 0 Å². The van der Waals surface area contributed by atoms with Crippen molar-refractivity contribution in [1.29, 1.82) is 0 Å². The number of nitrogens with zero attached hydrogens (tertiary/aromatic N) is 5. The maximum atomic E-state index is 13.3. The minimum atomic E-state index is -0.411. The molecule has 0 unspecified atom stereocenters. The Morgan fingerprint density at radius 1 is 0.900 bits per heavy atom. The molecular formula is C28H28Cl2N6O4. The van der Waals surface area contributed by atoms with Gasteiger partial charge in [0.15, 0.2) is 0 Å². The highest BCUT2D eigenvalue weighted by Gasteiger charge is 2.23. The van der Waals surface area contributed by atoms with Gasteiger partial charge >= 0.3 is 0 Å². The van der Waals surface area contributed by atoms with E-state index in [0.29, 0.717) is 51.6 Å².